The van der Waals surface area contributed by atoms with Crippen LogP contribution in [0.5, 0.6) is 5.75 Å². The van der Waals surface area contributed by atoms with Crippen molar-refractivity contribution in [3.63, 3.8) is 0 Å². The van der Waals surface area contributed by atoms with E-state index in [1.54, 1.807) is 24.3 Å². The van der Waals surface area contributed by atoms with Crippen LogP contribution in [0.3, 0.4) is 0 Å². The monoisotopic (exact) mass is 396 g/mol. The zero-order valence-electron chi connectivity index (χ0n) is 16.5. The molecule has 1 N–H and O–H groups in total. The zero-order valence-corrected chi connectivity index (χ0v) is 16.5. The van der Waals surface area contributed by atoms with E-state index in [2.05, 4.69) is 5.32 Å². The van der Waals surface area contributed by atoms with Gasteiger partial charge in [-0.15, -0.1) is 0 Å². The van der Waals surface area contributed by atoms with Crippen molar-refractivity contribution in [2.45, 2.75) is 32.8 Å². The Kier molecular flexibility index (Phi) is 6.49. The molecule has 152 valence electrons. The van der Waals surface area contributed by atoms with Crippen molar-refractivity contribution in [1.82, 2.24) is 0 Å². The predicted molar refractivity (Wildman–Crippen MR) is 109 cm³/mol. The summed E-state index contributed by atoms with van der Waals surface area (Å²) in [4.78, 5) is 38.3. The molecule has 0 radical (unpaired) electrons. The summed E-state index contributed by atoms with van der Waals surface area (Å²) >= 11 is 0. The largest absolute Gasteiger partial charge is 0.494 e. The van der Waals surface area contributed by atoms with Crippen LogP contribution in [0.15, 0.2) is 48.5 Å². The number of aryl methyl sites for hydroxylation is 1. The number of nitrogens with one attached hydrogen (secondary N) is 1. The lowest BCUT2D eigenvalue weighted by Crippen LogP contribution is -2.47. The molecule has 0 unspecified atom stereocenters. The van der Waals surface area contributed by atoms with Gasteiger partial charge in [0.1, 0.15) is 12.3 Å². The van der Waals surface area contributed by atoms with E-state index in [1.807, 2.05) is 31.2 Å². The van der Waals surface area contributed by atoms with Gasteiger partial charge >= 0.3 is 5.97 Å². The number of esters is 1. The van der Waals surface area contributed by atoms with Crippen LogP contribution in [0.4, 0.5) is 11.4 Å². The standard InChI is InChI=1S/C22H24N2O5/c1-3-28-19-11-7-4-8-16(19)12-13-21(26)29-15(2)22(27)24-14-20(25)23-17-9-5-6-10-18(17)24/h4-11,15H,3,12-14H2,1-2H3,(H,23,25)/t15-/m1/s1. The SMILES string of the molecule is CCOc1ccccc1CCC(=O)O[C@H](C)C(=O)N1CC(=O)Nc2ccccc21. The van der Waals surface area contributed by atoms with Gasteiger partial charge in [-0.3, -0.25) is 19.3 Å². The van der Waals surface area contributed by atoms with Crippen LogP contribution in [0.25, 0.3) is 0 Å². The second kappa shape index (κ2) is 9.23. The van der Waals surface area contributed by atoms with Gasteiger partial charge in [0.25, 0.3) is 5.91 Å². The topological polar surface area (TPSA) is 84.9 Å². The van der Waals surface area contributed by atoms with Gasteiger partial charge in [-0.2, -0.15) is 0 Å². The first-order chi connectivity index (χ1) is 14.0. The van der Waals surface area contributed by atoms with E-state index in [1.165, 1.54) is 11.8 Å². The Hall–Kier alpha value is -3.35. The number of carbonyl (C=O) groups is 3. The van der Waals surface area contributed by atoms with Gasteiger partial charge in [0.05, 0.1) is 18.0 Å². The van der Waals surface area contributed by atoms with E-state index in [9.17, 15) is 14.4 Å². The highest BCUT2D eigenvalue weighted by molar-refractivity contribution is 6.11. The Morgan fingerprint density at radius 3 is 2.66 bits per heavy atom. The highest BCUT2D eigenvalue weighted by atomic mass is 16.5. The lowest BCUT2D eigenvalue weighted by molar-refractivity contribution is -0.153. The lowest BCUT2D eigenvalue weighted by atomic mass is 10.1. The third-order valence-corrected chi connectivity index (χ3v) is 4.56. The molecule has 1 aliphatic heterocycles. The minimum atomic E-state index is -0.997. The van der Waals surface area contributed by atoms with Gasteiger partial charge in [0, 0.05) is 6.42 Å². The number of fused-ring (bicyclic) bond motifs is 1. The highest BCUT2D eigenvalue weighted by Gasteiger charge is 2.31. The number of nitrogens with zero attached hydrogens (tertiary/aromatic N) is 1. The maximum absolute atomic E-state index is 12.8. The smallest absolute Gasteiger partial charge is 0.306 e. The molecular weight excluding hydrogens is 372 g/mol. The minimum absolute atomic E-state index is 0.112. The summed E-state index contributed by atoms with van der Waals surface area (Å²) in [6.07, 6.45) is -0.424. The van der Waals surface area contributed by atoms with Crippen LogP contribution in [0.1, 0.15) is 25.8 Å². The number of benzene rings is 2. The Morgan fingerprint density at radius 1 is 1.14 bits per heavy atom. The van der Waals surface area contributed by atoms with Gasteiger partial charge in [-0.1, -0.05) is 30.3 Å². The first kappa shape index (κ1) is 20.4. The summed E-state index contributed by atoms with van der Waals surface area (Å²) in [5.74, 6) is -0.465. The van der Waals surface area contributed by atoms with Crippen LogP contribution in [-0.2, 0) is 25.5 Å². The molecule has 0 fully saturated rings. The molecule has 0 bridgehead atoms. The zero-order chi connectivity index (χ0) is 20.8. The average Bonchev–Trinajstić information content (AvgIpc) is 2.72. The molecule has 7 nitrogen and oxygen atoms in total. The Bertz CT molecular complexity index is 912. The summed E-state index contributed by atoms with van der Waals surface area (Å²) in [5, 5.41) is 2.73. The number of hydrogen-bond donors (Lipinski definition) is 1. The molecule has 2 aromatic carbocycles. The van der Waals surface area contributed by atoms with E-state index >= 15 is 0 Å². The molecule has 3 rings (SSSR count). The highest BCUT2D eigenvalue weighted by Crippen LogP contribution is 2.29. The molecule has 0 saturated heterocycles. The first-order valence-corrected chi connectivity index (χ1v) is 9.60. The Balaban J connectivity index is 1.60. The molecule has 1 heterocycles. The summed E-state index contributed by atoms with van der Waals surface area (Å²) in [7, 11) is 0. The summed E-state index contributed by atoms with van der Waals surface area (Å²) in [6, 6.07) is 14.5. The quantitative estimate of drug-likeness (QED) is 0.728. The average molecular weight is 396 g/mol. The van der Waals surface area contributed by atoms with Gasteiger partial charge in [-0.25, -0.2) is 0 Å². The molecule has 0 aliphatic carbocycles. The number of rotatable bonds is 7. The van der Waals surface area contributed by atoms with Crippen LogP contribution in [-0.4, -0.2) is 37.0 Å². The van der Waals surface area contributed by atoms with E-state index in [4.69, 9.17) is 9.47 Å². The molecule has 1 atom stereocenters. The van der Waals surface area contributed by atoms with Crippen molar-refractivity contribution in [3.05, 3.63) is 54.1 Å². The summed E-state index contributed by atoms with van der Waals surface area (Å²) < 4.78 is 10.9. The van der Waals surface area contributed by atoms with Crippen LogP contribution < -0.4 is 15.0 Å². The van der Waals surface area contributed by atoms with E-state index < -0.39 is 18.0 Å². The van der Waals surface area contributed by atoms with Crippen molar-refractivity contribution >= 4 is 29.2 Å². The van der Waals surface area contributed by atoms with E-state index in [0.717, 1.165) is 11.3 Å². The second-order valence-electron chi connectivity index (χ2n) is 6.66. The Morgan fingerprint density at radius 2 is 1.86 bits per heavy atom. The van der Waals surface area contributed by atoms with Crippen LogP contribution in [0, 0.1) is 0 Å². The molecular formula is C22H24N2O5. The number of ether oxygens (including phenoxy) is 2. The van der Waals surface area contributed by atoms with Gasteiger partial charge in [0.15, 0.2) is 6.10 Å². The van der Waals surface area contributed by atoms with E-state index in [0.29, 0.717) is 24.4 Å². The normalized spacial score (nSPS) is 13.9. The van der Waals surface area contributed by atoms with Crippen molar-refractivity contribution < 1.29 is 23.9 Å². The fourth-order valence-corrected chi connectivity index (χ4v) is 3.20. The molecule has 1 aliphatic rings. The van der Waals surface area contributed by atoms with Crippen molar-refractivity contribution in [2.24, 2.45) is 0 Å². The fraction of sp³-hybridized carbons (Fsp3) is 0.318. The van der Waals surface area contributed by atoms with Crippen molar-refractivity contribution in [1.29, 1.82) is 0 Å². The Labute approximate surface area is 169 Å². The fourth-order valence-electron chi connectivity index (χ4n) is 3.20. The molecule has 0 saturated carbocycles. The molecule has 7 heteroatoms. The molecule has 29 heavy (non-hydrogen) atoms. The predicted octanol–water partition coefficient (Wildman–Crippen LogP) is 2.93. The minimum Gasteiger partial charge on any atom is -0.494 e. The number of anilines is 2. The summed E-state index contributed by atoms with van der Waals surface area (Å²) in [6.45, 7) is 3.85. The molecule has 0 aromatic heterocycles. The maximum Gasteiger partial charge on any atom is 0.306 e. The lowest BCUT2D eigenvalue weighted by Gasteiger charge is -2.30. The van der Waals surface area contributed by atoms with E-state index in [-0.39, 0.29) is 18.9 Å². The number of carbonyl (C=O) groups excluding carboxylic acids is 3. The van der Waals surface area contributed by atoms with Crippen molar-refractivity contribution in [3.8, 4) is 5.75 Å². The second-order valence-corrected chi connectivity index (χ2v) is 6.66. The third-order valence-electron chi connectivity index (χ3n) is 4.56. The number of amides is 2. The molecule has 0 spiro atoms. The maximum atomic E-state index is 12.8. The number of hydrogen-bond acceptors (Lipinski definition) is 5. The summed E-state index contributed by atoms with van der Waals surface area (Å²) in [5.41, 5.74) is 2.06. The molecule has 2 aromatic rings. The van der Waals surface area contributed by atoms with Crippen LogP contribution >= 0.6 is 0 Å². The molecule has 2 amide bonds. The van der Waals surface area contributed by atoms with Crippen molar-refractivity contribution in [2.75, 3.05) is 23.4 Å². The van der Waals surface area contributed by atoms with Crippen LogP contribution in [0.2, 0.25) is 0 Å². The van der Waals surface area contributed by atoms with Gasteiger partial charge in [-0.05, 0) is 44.0 Å². The van der Waals surface area contributed by atoms with Gasteiger partial charge in [0.2, 0.25) is 5.91 Å². The van der Waals surface area contributed by atoms with Gasteiger partial charge < -0.3 is 14.8 Å². The third kappa shape index (κ3) is 4.93. The first-order valence-electron chi connectivity index (χ1n) is 9.60. The number of para-hydroxylation sites is 3.